The summed E-state index contributed by atoms with van der Waals surface area (Å²) < 4.78 is 5.35. The van der Waals surface area contributed by atoms with Crippen molar-refractivity contribution in [2.45, 2.75) is 32.4 Å². The van der Waals surface area contributed by atoms with Crippen LogP contribution in [0.2, 0.25) is 0 Å². The molecular weight excluding hydrogens is 406 g/mol. The van der Waals surface area contributed by atoms with E-state index in [9.17, 15) is 4.79 Å². The maximum Gasteiger partial charge on any atom is 0.414 e. The summed E-state index contributed by atoms with van der Waals surface area (Å²) in [6.45, 7) is 12.1. The zero-order valence-electron chi connectivity index (χ0n) is 17.0. The molecule has 3 saturated heterocycles. The van der Waals surface area contributed by atoms with Crippen LogP contribution in [0.3, 0.4) is 0 Å². The summed E-state index contributed by atoms with van der Waals surface area (Å²) >= 11 is 0. The Hall–Kier alpha value is -2.93. The average Bonchev–Trinajstić information content (AvgIpc) is 2.45. The second kappa shape index (κ2) is 9.71. The molecule has 0 bridgehead atoms. The molecule has 0 atom stereocenters. The molecule has 1 amide bonds. The van der Waals surface area contributed by atoms with Gasteiger partial charge in [-0.3, -0.25) is 4.90 Å². The first kappa shape index (κ1) is 25.1. The van der Waals surface area contributed by atoms with Crippen LogP contribution in [0.4, 0.5) is 4.79 Å². The van der Waals surface area contributed by atoms with Gasteiger partial charge in [0.25, 0.3) is 0 Å². The zero-order chi connectivity index (χ0) is 23.3. The van der Waals surface area contributed by atoms with Crippen molar-refractivity contribution in [2.24, 2.45) is 5.41 Å². The molecule has 3 aliphatic heterocycles. The van der Waals surface area contributed by atoms with Gasteiger partial charge >= 0.3 is 30.0 Å². The van der Waals surface area contributed by atoms with Gasteiger partial charge in [-0.25, -0.2) is 24.0 Å². The lowest BCUT2D eigenvalue weighted by Gasteiger charge is -2.61. The Kier molecular flexibility index (Phi) is 8.13. The van der Waals surface area contributed by atoms with E-state index in [-0.39, 0.29) is 11.7 Å². The van der Waals surface area contributed by atoms with Crippen LogP contribution in [-0.4, -0.2) is 111 Å². The first-order valence-electron chi connectivity index (χ1n) is 9.01. The van der Waals surface area contributed by atoms with E-state index in [1.807, 2.05) is 20.8 Å². The quantitative estimate of drug-likeness (QED) is 0.311. The van der Waals surface area contributed by atoms with Gasteiger partial charge in [0.2, 0.25) is 0 Å². The third kappa shape index (κ3) is 7.48. The van der Waals surface area contributed by atoms with Crippen molar-refractivity contribution in [1.29, 1.82) is 0 Å². The molecule has 3 fully saturated rings. The van der Waals surface area contributed by atoms with Crippen molar-refractivity contribution in [3.8, 4) is 0 Å². The standard InChI is InChI=1S/C13H23N3O2.2C2H2O4/c1-12(2,3)18-11(17)15-4-10(5-15)16-8-13(9-16)6-14-7-13;2*3-1(4)2(5)6/h10,14H,4-9H2,1-3H3;2*(H,3,4)(H,5,6). The number of rotatable bonds is 1. The molecule has 0 aliphatic carbocycles. The van der Waals surface area contributed by atoms with E-state index in [4.69, 9.17) is 44.3 Å². The van der Waals surface area contributed by atoms with E-state index in [1.165, 1.54) is 26.2 Å². The smallest absolute Gasteiger partial charge is 0.414 e. The topological polar surface area (TPSA) is 194 Å². The first-order chi connectivity index (χ1) is 13.7. The van der Waals surface area contributed by atoms with Crippen molar-refractivity contribution < 1.29 is 49.1 Å². The van der Waals surface area contributed by atoms with Gasteiger partial charge in [-0.05, 0) is 20.8 Å². The maximum atomic E-state index is 11.8. The molecule has 30 heavy (non-hydrogen) atoms. The number of nitrogens with zero attached hydrogens (tertiary/aromatic N) is 2. The molecule has 3 heterocycles. The van der Waals surface area contributed by atoms with Gasteiger partial charge in [-0.15, -0.1) is 0 Å². The second-order valence-electron chi connectivity index (χ2n) is 8.27. The lowest BCUT2D eigenvalue weighted by atomic mass is 9.73. The van der Waals surface area contributed by atoms with Crippen LogP contribution in [0.5, 0.6) is 0 Å². The van der Waals surface area contributed by atoms with Gasteiger partial charge in [0.15, 0.2) is 0 Å². The number of carboxylic acid groups (broad SMARTS) is 4. The molecule has 13 nitrogen and oxygen atoms in total. The predicted molar refractivity (Wildman–Crippen MR) is 99.0 cm³/mol. The molecule has 1 spiro atoms. The van der Waals surface area contributed by atoms with E-state index in [0.717, 1.165) is 13.1 Å². The number of likely N-dealkylation sites (tertiary alicyclic amines) is 2. The van der Waals surface area contributed by atoms with Crippen molar-refractivity contribution in [1.82, 2.24) is 15.1 Å². The highest BCUT2D eigenvalue weighted by Gasteiger charge is 2.51. The number of nitrogens with one attached hydrogen (secondary N) is 1. The summed E-state index contributed by atoms with van der Waals surface area (Å²) in [5.41, 5.74) is 0.187. The summed E-state index contributed by atoms with van der Waals surface area (Å²) in [6.07, 6.45) is -0.167. The number of ether oxygens (including phenoxy) is 1. The third-order valence-corrected chi connectivity index (χ3v) is 4.47. The third-order valence-electron chi connectivity index (χ3n) is 4.47. The van der Waals surface area contributed by atoms with E-state index in [1.54, 1.807) is 4.90 Å². The van der Waals surface area contributed by atoms with Crippen molar-refractivity contribution in [3.63, 3.8) is 0 Å². The van der Waals surface area contributed by atoms with Gasteiger partial charge in [-0.2, -0.15) is 0 Å². The summed E-state index contributed by atoms with van der Waals surface area (Å²) in [7, 11) is 0. The first-order valence-corrected chi connectivity index (χ1v) is 9.01. The normalized spacial score (nSPS) is 19.4. The van der Waals surface area contributed by atoms with Crippen LogP contribution in [-0.2, 0) is 23.9 Å². The largest absolute Gasteiger partial charge is 0.473 e. The van der Waals surface area contributed by atoms with Gasteiger partial charge < -0.3 is 35.4 Å². The zero-order valence-corrected chi connectivity index (χ0v) is 17.0. The van der Waals surface area contributed by atoms with Crippen molar-refractivity contribution in [3.05, 3.63) is 0 Å². The maximum absolute atomic E-state index is 11.8. The molecule has 5 N–H and O–H groups in total. The fraction of sp³-hybridized carbons (Fsp3) is 0.706. The molecule has 0 aromatic heterocycles. The number of carboxylic acids is 4. The Morgan fingerprint density at radius 3 is 1.53 bits per heavy atom. The fourth-order valence-corrected chi connectivity index (χ4v) is 2.94. The minimum absolute atomic E-state index is 0.167. The van der Waals surface area contributed by atoms with E-state index in [2.05, 4.69) is 10.2 Å². The highest BCUT2D eigenvalue weighted by Crippen LogP contribution is 2.37. The van der Waals surface area contributed by atoms with E-state index >= 15 is 0 Å². The average molecular weight is 433 g/mol. The molecule has 170 valence electrons. The summed E-state index contributed by atoms with van der Waals surface area (Å²) in [5, 5.41) is 32.9. The number of carbonyl (C=O) groups excluding carboxylic acids is 1. The van der Waals surface area contributed by atoms with Crippen LogP contribution < -0.4 is 5.32 Å². The molecule has 0 radical (unpaired) electrons. The van der Waals surface area contributed by atoms with Crippen molar-refractivity contribution >= 4 is 30.0 Å². The van der Waals surface area contributed by atoms with Crippen LogP contribution in [0.25, 0.3) is 0 Å². The SMILES string of the molecule is CC(C)(C)OC(=O)N1CC(N2CC3(CNC3)C2)C1.O=C(O)C(=O)O.O=C(O)C(=O)O. The Bertz CT molecular complexity index is 636. The fourth-order valence-electron chi connectivity index (χ4n) is 2.94. The van der Waals surface area contributed by atoms with Crippen molar-refractivity contribution in [2.75, 3.05) is 39.3 Å². The van der Waals surface area contributed by atoms with Gasteiger partial charge in [0, 0.05) is 50.7 Å². The van der Waals surface area contributed by atoms with Crippen LogP contribution >= 0.6 is 0 Å². The minimum Gasteiger partial charge on any atom is -0.473 e. The lowest BCUT2D eigenvalue weighted by molar-refractivity contribution is -0.159. The molecule has 0 saturated carbocycles. The molecule has 0 aromatic rings. The summed E-state index contributed by atoms with van der Waals surface area (Å²) in [5.74, 6) is -7.30. The molecular formula is C17H27N3O10. The molecule has 3 aliphatic rings. The van der Waals surface area contributed by atoms with Crippen LogP contribution in [0.15, 0.2) is 0 Å². The van der Waals surface area contributed by atoms with Gasteiger partial charge in [0.1, 0.15) is 5.60 Å². The summed E-state index contributed by atoms with van der Waals surface area (Å²) in [4.78, 5) is 52.5. The monoisotopic (exact) mass is 433 g/mol. The van der Waals surface area contributed by atoms with E-state index < -0.39 is 23.9 Å². The predicted octanol–water partition coefficient (Wildman–Crippen LogP) is -1.18. The van der Waals surface area contributed by atoms with Gasteiger partial charge in [-0.1, -0.05) is 0 Å². The molecule has 13 heteroatoms. The lowest BCUT2D eigenvalue weighted by Crippen LogP contribution is -2.76. The molecule has 0 unspecified atom stereocenters. The van der Waals surface area contributed by atoms with E-state index in [0.29, 0.717) is 11.5 Å². The number of hydrogen-bond acceptors (Lipinski definition) is 8. The number of carbonyl (C=O) groups is 5. The van der Waals surface area contributed by atoms with Gasteiger partial charge in [0.05, 0.1) is 0 Å². The highest BCUT2D eigenvalue weighted by molar-refractivity contribution is 6.27. The second-order valence-corrected chi connectivity index (χ2v) is 8.27. The number of amides is 1. The Labute approximate surface area is 172 Å². The summed E-state index contributed by atoms with van der Waals surface area (Å²) in [6, 6.07) is 0.559. The minimum atomic E-state index is -1.82. The highest BCUT2D eigenvalue weighted by atomic mass is 16.6. The Morgan fingerprint density at radius 1 is 0.867 bits per heavy atom. The Balaban J connectivity index is 0.000000312. The molecule has 3 rings (SSSR count). The molecule has 0 aromatic carbocycles. The Morgan fingerprint density at radius 2 is 1.27 bits per heavy atom. The number of hydrogen-bond donors (Lipinski definition) is 5. The van der Waals surface area contributed by atoms with Crippen LogP contribution in [0, 0.1) is 5.41 Å². The van der Waals surface area contributed by atoms with Crippen LogP contribution in [0.1, 0.15) is 20.8 Å². The number of aliphatic carboxylic acids is 4.